The van der Waals surface area contributed by atoms with E-state index in [0.29, 0.717) is 31.1 Å². The molecule has 2 heterocycles. The van der Waals surface area contributed by atoms with Crippen molar-refractivity contribution in [2.75, 3.05) is 6.61 Å². The van der Waals surface area contributed by atoms with Crippen LogP contribution >= 0.6 is 0 Å². The number of allylic oxidation sites excluding steroid dienone is 1. The molecule has 6 nitrogen and oxygen atoms in total. The number of hydrogen-bond acceptors (Lipinski definition) is 6. The van der Waals surface area contributed by atoms with Crippen LogP contribution < -0.4 is 0 Å². The lowest BCUT2D eigenvalue weighted by atomic mass is 9.68. The van der Waals surface area contributed by atoms with Crippen LogP contribution in [0.1, 0.15) is 74.1 Å². The molecule has 4 aliphatic rings. The first-order valence-electron chi connectivity index (χ1n) is 12.6. The molecule has 2 bridgehead atoms. The van der Waals surface area contributed by atoms with Crippen molar-refractivity contribution in [1.82, 2.24) is 0 Å². The van der Waals surface area contributed by atoms with E-state index >= 15 is 0 Å². The number of fused-ring (bicyclic) bond motifs is 3. The minimum atomic E-state index is -1.92. The van der Waals surface area contributed by atoms with Crippen LogP contribution in [0, 0.1) is 16.7 Å². The number of aliphatic hydroxyl groups is 1. The molecule has 0 aromatic heterocycles. The van der Waals surface area contributed by atoms with E-state index in [1.165, 1.54) is 0 Å². The van der Waals surface area contributed by atoms with E-state index in [1.807, 2.05) is 26.0 Å². The van der Waals surface area contributed by atoms with E-state index < -0.39 is 43.6 Å². The number of rotatable bonds is 6. The quantitative estimate of drug-likeness (QED) is 0.428. The van der Waals surface area contributed by atoms with Gasteiger partial charge >= 0.3 is 0 Å². The van der Waals surface area contributed by atoms with Gasteiger partial charge < -0.3 is 23.7 Å². The van der Waals surface area contributed by atoms with Crippen molar-refractivity contribution >= 4 is 14.1 Å². The largest absolute Gasteiger partial charge is 0.417 e. The predicted octanol–water partition coefficient (Wildman–Crippen LogP) is 4.96. The molecule has 7 heteroatoms. The fraction of sp³-hybridized carbons (Fsp3) is 0.885. The van der Waals surface area contributed by atoms with Crippen LogP contribution in [0.25, 0.3) is 0 Å². The topological polar surface area (TPSA) is 74.2 Å². The summed E-state index contributed by atoms with van der Waals surface area (Å²) >= 11 is 0. The van der Waals surface area contributed by atoms with Gasteiger partial charge in [-0.1, -0.05) is 46.8 Å². The Morgan fingerprint density at radius 1 is 1.15 bits per heavy atom. The summed E-state index contributed by atoms with van der Waals surface area (Å²) in [5, 5.41) is 12.1. The van der Waals surface area contributed by atoms with Gasteiger partial charge in [0, 0.05) is 13.0 Å². The minimum absolute atomic E-state index is 0.108. The maximum atomic E-state index is 13.0. The number of hydrogen-bond donors (Lipinski definition) is 1. The summed E-state index contributed by atoms with van der Waals surface area (Å²) in [4.78, 5) is 13.0. The Morgan fingerprint density at radius 3 is 2.36 bits per heavy atom. The molecule has 0 aromatic rings. The Morgan fingerprint density at radius 2 is 1.82 bits per heavy atom. The second kappa shape index (κ2) is 7.71. The minimum Gasteiger partial charge on any atom is -0.417 e. The Bertz CT molecular complexity index is 827. The Kier molecular flexibility index (Phi) is 5.96. The van der Waals surface area contributed by atoms with Crippen LogP contribution in [-0.4, -0.2) is 55.7 Å². The summed E-state index contributed by atoms with van der Waals surface area (Å²) in [7, 11) is -1.92. The smallest absolute Gasteiger partial charge is 0.191 e. The first-order valence-corrected chi connectivity index (χ1v) is 15.5. The van der Waals surface area contributed by atoms with Gasteiger partial charge in [0.05, 0.1) is 11.5 Å². The van der Waals surface area contributed by atoms with Gasteiger partial charge in [0.1, 0.15) is 17.5 Å². The zero-order chi connectivity index (χ0) is 24.7. The van der Waals surface area contributed by atoms with Crippen molar-refractivity contribution < 1.29 is 28.5 Å². The van der Waals surface area contributed by atoms with Crippen LogP contribution in [-0.2, 0) is 23.4 Å². The number of carbonyl (C=O) groups excluding carboxylic acids is 1. The van der Waals surface area contributed by atoms with Crippen molar-refractivity contribution in [3.8, 4) is 0 Å². The highest BCUT2D eigenvalue weighted by Crippen LogP contribution is 2.65. The molecule has 4 fully saturated rings. The zero-order valence-corrected chi connectivity index (χ0v) is 23.0. The lowest BCUT2D eigenvalue weighted by molar-refractivity contribution is -0.224. The van der Waals surface area contributed by atoms with Gasteiger partial charge in [-0.25, -0.2) is 0 Å². The Hall–Kier alpha value is -0.573. The lowest BCUT2D eigenvalue weighted by Crippen LogP contribution is -2.49. The maximum absolute atomic E-state index is 13.0. The third-order valence-electron chi connectivity index (χ3n) is 9.60. The zero-order valence-electron chi connectivity index (χ0n) is 22.0. The lowest BCUT2D eigenvalue weighted by Gasteiger charge is -2.38. The molecule has 0 aromatic carbocycles. The molecule has 1 N–H and O–H groups in total. The van der Waals surface area contributed by atoms with Gasteiger partial charge in [-0.05, 0) is 62.6 Å². The number of Topliss-reactive ketones (excluding diaryl/α,β-unsaturated/α-hetero) is 1. The molecule has 0 unspecified atom stereocenters. The molecular weight excluding hydrogens is 436 g/mol. The highest BCUT2D eigenvalue weighted by molar-refractivity contribution is 6.74. The van der Waals surface area contributed by atoms with Crippen LogP contribution in [0.5, 0.6) is 0 Å². The summed E-state index contributed by atoms with van der Waals surface area (Å²) in [5.41, 5.74) is -2.02. The number of ketones is 1. The third kappa shape index (κ3) is 3.91. The molecule has 2 saturated carbocycles. The number of ether oxygens (including phenoxy) is 3. The van der Waals surface area contributed by atoms with Gasteiger partial charge in [0.15, 0.2) is 20.4 Å². The monoisotopic (exact) mass is 480 g/mol. The van der Waals surface area contributed by atoms with Crippen LogP contribution in [0.2, 0.25) is 18.1 Å². The van der Waals surface area contributed by atoms with E-state index in [4.69, 9.17) is 18.6 Å². The summed E-state index contributed by atoms with van der Waals surface area (Å²) in [6.07, 6.45) is 5.04. The first kappa shape index (κ1) is 25.5. The molecular formula is C26H44O6Si. The molecule has 2 saturated heterocycles. The summed E-state index contributed by atoms with van der Waals surface area (Å²) in [6.45, 7) is 19.6. The normalized spacial score (nSPS) is 41.9. The second-order valence-corrected chi connectivity index (χ2v) is 18.0. The first-order chi connectivity index (χ1) is 15.0. The molecule has 33 heavy (non-hydrogen) atoms. The van der Waals surface area contributed by atoms with E-state index in [9.17, 15) is 9.90 Å². The van der Waals surface area contributed by atoms with Gasteiger partial charge in [0.2, 0.25) is 0 Å². The molecule has 6 atom stereocenters. The molecule has 0 radical (unpaired) electrons. The van der Waals surface area contributed by atoms with Crippen LogP contribution in [0.15, 0.2) is 12.2 Å². The van der Waals surface area contributed by atoms with Gasteiger partial charge in [-0.2, -0.15) is 0 Å². The van der Waals surface area contributed by atoms with Crippen LogP contribution in [0.4, 0.5) is 0 Å². The summed E-state index contributed by atoms with van der Waals surface area (Å²) in [5.74, 6) is -0.129. The average molecular weight is 481 g/mol. The molecule has 0 amide bonds. The molecule has 2 aliphatic heterocycles. The van der Waals surface area contributed by atoms with E-state index in [1.54, 1.807) is 0 Å². The predicted molar refractivity (Wildman–Crippen MR) is 129 cm³/mol. The van der Waals surface area contributed by atoms with E-state index in [-0.39, 0.29) is 10.5 Å². The standard InChI is InChI=1S/C26H44O6Si/c1-22(2,3)33(8,9)29-15-11-19-26(28,20-21(30-19)32-24(6,7)31-20)14-13-25-12-10-17(16-18(25)27)23(25,4)5/h13-14,17,19-21,28H,10-12,15-16H2,1-9H3/b14-13+/t17-,19-,20+,21-,25-,26-/m1/s1. The average Bonchev–Trinajstić information content (AvgIpc) is 3.25. The Balaban J connectivity index is 1.58. The fourth-order valence-electron chi connectivity index (χ4n) is 6.11. The van der Waals surface area contributed by atoms with Gasteiger partial charge in [0.25, 0.3) is 0 Å². The van der Waals surface area contributed by atoms with E-state index in [2.05, 4.69) is 47.7 Å². The fourth-order valence-corrected chi connectivity index (χ4v) is 7.17. The SMILES string of the molecule is CC1(C)O[C@H]2O[C@H](CCO[Si](C)(C)C(C)(C)C)[C@](O)(/C=C/[C@]34CC[C@H](CC3=O)C4(C)C)[C@H]2O1. The van der Waals surface area contributed by atoms with Crippen molar-refractivity contribution in [2.24, 2.45) is 16.7 Å². The van der Waals surface area contributed by atoms with Crippen molar-refractivity contribution in [1.29, 1.82) is 0 Å². The van der Waals surface area contributed by atoms with Crippen LogP contribution in [0.3, 0.4) is 0 Å². The van der Waals surface area contributed by atoms with Gasteiger partial charge in [-0.15, -0.1) is 0 Å². The molecule has 2 aliphatic carbocycles. The molecule has 188 valence electrons. The highest BCUT2D eigenvalue weighted by Gasteiger charge is 2.65. The van der Waals surface area contributed by atoms with Crippen molar-refractivity contribution in [2.45, 2.75) is 122 Å². The highest BCUT2D eigenvalue weighted by atomic mass is 28.4. The third-order valence-corrected chi connectivity index (χ3v) is 14.1. The molecule has 4 rings (SSSR count). The van der Waals surface area contributed by atoms with Gasteiger partial charge in [-0.3, -0.25) is 4.79 Å². The maximum Gasteiger partial charge on any atom is 0.191 e. The summed E-state index contributed by atoms with van der Waals surface area (Å²) < 4.78 is 24.7. The summed E-state index contributed by atoms with van der Waals surface area (Å²) in [6, 6.07) is 0. The van der Waals surface area contributed by atoms with E-state index in [0.717, 1.165) is 12.8 Å². The van der Waals surface area contributed by atoms with Crippen molar-refractivity contribution in [3.63, 3.8) is 0 Å². The second-order valence-electron chi connectivity index (χ2n) is 13.2. The number of carbonyl (C=O) groups is 1. The van der Waals surface area contributed by atoms with Crippen molar-refractivity contribution in [3.05, 3.63) is 12.2 Å². The molecule has 0 spiro atoms. The Labute approximate surface area is 200 Å².